The Morgan fingerprint density at radius 3 is 2.96 bits per heavy atom. The number of nitrogens with zero attached hydrogens (tertiary/aromatic N) is 4. The fraction of sp³-hybridized carbons (Fsp3) is 0.647. The molecule has 1 saturated heterocycles. The lowest BCUT2D eigenvalue weighted by atomic mass is 10.3. The summed E-state index contributed by atoms with van der Waals surface area (Å²) in [5.74, 6) is 0.538. The predicted molar refractivity (Wildman–Crippen MR) is 111 cm³/mol. The number of likely N-dealkylation sites (N-methyl/N-ethyl adjacent to an activating group) is 1. The Labute approximate surface area is 162 Å². The van der Waals surface area contributed by atoms with Gasteiger partial charge in [0.2, 0.25) is 0 Å². The number of aromatic nitrogens is 1. The standard InChI is InChI=1S/C17H30N6.HI/c1-22-11-5-13-23(15-14-22)12-4-9-20-17(18)21-10-7-16-6-2-3-8-19-16;/h2-3,6,8H,4-5,7,9-15H2,1H3,(H3,18,20,21);1H. The third-order valence-electron chi connectivity index (χ3n) is 4.14. The fourth-order valence-corrected chi connectivity index (χ4v) is 2.74. The van der Waals surface area contributed by atoms with Gasteiger partial charge in [0.15, 0.2) is 5.96 Å². The lowest BCUT2D eigenvalue weighted by molar-refractivity contribution is 0.275. The van der Waals surface area contributed by atoms with Crippen molar-refractivity contribution in [3.63, 3.8) is 0 Å². The predicted octanol–water partition coefficient (Wildman–Crippen LogP) is 1.17. The SMILES string of the molecule is CN1CCCN(CCCN=C(N)NCCc2ccccn2)CC1.I. The molecule has 1 aliphatic rings. The number of hydrogen-bond acceptors (Lipinski definition) is 4. The van der Waals surface area contributed by atoms with E-state index in [1.807, 2.05) is 24.4 Å². The summed E-state index contributed by atoms with van der Waals surface area (Å²) in [6.07, 6.45) is 5.00. The number of rotatable bonds is 7. The second-order valence-electron chi connectivity index (χ2n) is 6.12. The molecule has 1 aromatic heterocycles. The summed E-state index contributed by atoms with van der Waals surface area (Å²) in [7, 11) is 2.20. The zero-order chi connectivity index (χ0) is 16.3. The maximum atomic E-state index is 5.90. The quantitative estimate of drug-likeness (QED) is 0.285. The first-order chi connectivity index (χ1) is 11.2. The number of halogens is 1. The monoisotopic (exact) mass is 446 g/mol. The molecule has 0 atom stereocenters. The van der Waals surface area contributed by atoms with Gasteiger partial charge in [-0.25, -0.2) is 0 Å². The third kappa shape index (κ3) is 8.79. The Morgan fingerprint density at radius 1 is 1.29 bits per heavy atom. The van der Waals surface area contributed by atoms with Crippen LogP contribution in [-0.4, -0.2) is 73.6 Å². The molecular weight excluding hydrogens is 415 g/mol. The zero-order valence-corrected chi connectivity index (χ0v) is 17.0. The third-order valence-corrected chi connectivity index (χ3v) is 4.14. The average molecular weight is 446 g/mol. The second-order valence-corrected chi connectivity index (χ2v) is 6.12. The minimum atomic E-state index is 0. The molecule has 0 amide bonds. The van der Waals surface area contributed by atoms with Gasteiger partial charge in [0.1, 0.15) is 0 Å². The molecule has 1 aromatic rings. The van der Waals surface area contributed by atoms with Gasteiger partial charge in [-0.3, -0.25) is 9.98 Å². The largest absolute Gasteiger partial charge is 0.370 e. The van der Waals surface area contributed by atoms with Crippen molar-refractivity contribution in [1.82, 2.24) is 20.1 Å². The smallest absolute Gasteiger partial charge is 0.188 e. The maximum absolute atomic E-state index is 5.90. The molecule has 7 heteroatoms. The fourth-order valence-electron chi connectivity index (χ4n) is 2.74. The van der Waals surface area contributed by atoms with E-state index in [4.69, 9.17) is 5.73 Å². The van der Waals surface area contributed by atoms with Crippen LogP contribution >= 0.6 is 24.0 Å². The summed E-state index contributed by atoms with van der Waals surface area (Å²) in [4.78, 5) is 13.6. The number of aliphatic imine (C=N–C) groups is 1. The highest BCUT2D eigenvalue weighted by Gasteiger charge is 2.10. The Morgan fingerprint density at radius 2 is 2.17 bits per heavy atom. The van der Waals surface area contributed by atoms with Crippen molar-refractivity contribution in [2.45, 2.75) is 19.3 Å². The van der Waals surface area contributed by atoms with Crippen LogP contribution in [0.4, 0.5) is 0 Å². The van der Waals surface area contributed by atoms with E-state index in [-0.39, 0.29) is 24.0 Å². The van der Waals surface area contributed by atoms with Gasteiger partial charge in [-0.1, -0.05) is 6.07 Å². The molecule has 24 heavy (non-hydrogen) atoms. The van der Waals surface area contributed by atoms with E-state index in [2.05, 4.69) is 32.1 Å². The molecule has 1 aliphatic heterocycles. The first-order valence-corrected chi connectivity index (χ1v) is 8.58. The van der Waals surface area contributed by atoms with Crippen LogP contribution in [0.25, 0.3) is 0 Å². The highest BCUT2D eigenvalue weighted by Crippen LogP contribution is 2.01. The highest BCUT2D eigenvalue weighted by atomic mass is 127. The summed E-state index contributed by atoms with van der Waals surface area (Å²) < 4.78 is 0. The van der Waals surface area contributed by atoms with Crippen molar-refractivity contribution in [3.8, 4) is 0 Å². The number of guanidine groups is 1. The van der Waals surface area contributed by atoms with Crippen LogP contribution < -0.4 is 11.1 Å². The van der Waals surface area contributed by atoms with Gasteiger partial charge < -0.3 is 20.9 Å². The van der Waals surface area contributed by atoms with E-state index in [1.54, 1.807) is 0 Å². The molecule has 1 fully saturated rings. The van der Waals surface area contributed by atoms with Gasteiger partial charge in [0.05, 0.1) is 0 Å². The van der Waals surface area contributed by atoms with E-state index < -0.39 is 0 Å². The van der Waals surface area contributed by atoms with Crippen LogP contribution in [0.3, 0.4) is 0 Å². The molecular formula is C17H31IN6. The average Bonchev–Trinajstić information content (AvgIpc) is 2.77. The lowest BCUT2D eigenvalue weighted by Crippen LogP contribution is -2.34. The zero-order valence-electron chi connectivity index (χ0n) is 14.7. The Bertz CT molecular complexity index is 467. The van der Waals surface area contributed by atoms with Gasteiger partial charge in [0.25, 0.3) is 0 Å². The molecule has 2 rings (SSSR count). The molecule has 0 saturated carbocycles. The van der Waals surface area contributed by atoms with E-state index in [1.165, 1.54) is 26.1 Å². The topological polar surface area (TPSA) is 69.8 Å². The highest BCUT2D eigenvalue weighted by molar-refractivity contribution is 14.0. The number of pyridine rings is 1. The van der Waals surface area contributed by atoms with Crippen molar-refractivity contribution < 1.29 is 0 Å². The summed E-state index contributed by atoms with van der Waals surface area (Å²) in [6.45, 7) is 7.41. The van der Waals surface area contributed by atoms with Crippen molar-refractivity contribution in [2.24, 2.45) is 10.7 Å². The van der Waals surface area contributed by atoms with Crippen LogP contribution in [0.2, 0.25) is 0 Å². The van der Waals surface area contributed by atoms with Crippen LogP contribution in [0.15, 0.2) is 29.4 Å². The van der Waals surface area contributed by atoms with Crippen molar-refractivity contribution in [3.05, 3.63) is 30.1 Å². The second kappa shape index (κ2) is 12.4. The lowest BCUT2D eigenvalue weighted by Gasteiger charge is -2.19. The van der Waals surface area contributed by atoms with Crippen LogP contribution in [-0.2, 0) is 6.42 Å². The van der Waals surface area contributed by atoms with Crippen molar-refractivity contribution in [1.29, 1.82) is 0 Å². The molecule has 0 bridgehead atoms. The Hall–Kier alpha value is -0.930. The van der Waals surface area contributed by atoms with Crippen molar-refractivity contribution in [2.75, 3.05) is 52.9 Å². The minimum absolute atomic E-state index is 0. The van der Waals surface area contributed by atoms with Crippen LogP contribution in [0, 0.1) is 0 Å². The van der Waals surface area contributed by atoms with E-state index >= 15 is 0 Å². The summed E-state index contributed by atoms with van der Waals surface area (Å²) in [5.41, 5.74) is 6.97. The minimum Gasteiger partial charge on any atom is -0.370 e. The van der Waals surface area contributed by atoms with Gasteiger partial charge in [-0.2, -0.15) is 0 Å². The van der Waals surface area contributed by atoms with E-state index in [0.29, 0.717) is 5.96 Å². The van der Waals surface area contributed by atoms with Gasteiger partial charge in [0, 0.05) is 44.5 Å². The number of hydrogen-bond donors (Lipinski definition) is 2. The first-order valence-electron chi connectivity index (χ1n) is 8.58. The summed E-state index contributed by atoms with van der Waals surface area (Å²) >= 11 is 0. The van der Waals surface area contributed by atoms with E-state index in [0.717, 1.165) is 44.7 Å². The number of nitrogens with one attached hydrogen (secondary N) is 1. The first kappa shape index (κ1) is 21.1. The molecule has 0 aromatic carbocycles. The van der Waals surface area contributed by atoms with Crippen molar-refractivity contribution >= 4 is 29.9 Å². The molecule has 0 unspecified atom stereocenters. The Balaban J connectivity index is 0.00000288. The molecule has 0 spiro atoms. The Kier molecular flexibility index (Phi) is 10.9. The normalized spacial score (nSPS) is 17.1. The van der Waals surface area contributed by atoms with E-state index in [9.17, 15) is 0 Å². The number of nitrogens with two attached hydrogens (primary N) is 1. The summed E-state index contributed by atoms with van der Waals surface area (Å²) in [6, 6.07) is 5.95. The molecule has 0 aliphatic carbocycles. The maximum Gasteiger partial charge on any atom is 0.188 e. The molecule has 136 valence electrons. The van der Waals surface area contributed by atoms with Crippen LogP contribution in [0.1, 0.15) is 18.5 Å². The molecule has 0 radical (unpaired) electrons. The van der Waals surface area contributed by atoms with Gasteiger partial charge in [-0.15, -0.1) is 24.0 Å². The summed E-state index contributed by atoms with van der Waals surface area (Å²) in [5, 5.41) is 3.15. The molecule has 3 N–H and O–H groups in total. The molecule has 2 heterocycles. The molecule has 6 nitrogen and oxygen atoms in total. The van der Waals surface area contributed by atoms with Crippen LogP contribution in [0.5, 0.6) is 0 Å². The van der Waals surface area contributed by atoms with Gasteiger partial charge >= 0.3 is 0 Å². The van der Waals surface area contributed by atoms with Gasteiger partial charge in [-0.05, 0) is 51.7 Å².